The molecule has 2 aromatic heterocycles. The van der Waals surface area contributed by atoms with Crippen LogP contribution in [-0.4, -0.2) is 345 Å². The fraction of sp³-hybridized carbons (Fsp3) is 0.663. The number of nitrogens with zero attached hydrogens (tertiary/aromatic N) is 6. The van der Waals surface area contributed by atoms with Gasteiger partial charge in [0.25, 0.3) is 46.6 Å². The smallest absolute Gasteiger partial charge is 0.407 e. The number of aromatic nitrogens is 2. The van der Waals surface area contributed by atoms with Crippen LogP contribution in [0, 0.1) is 13.8 Å². The van der Waals surface area contributed by atoms with E-state index in [-0.39, 0.29) is 194 Å². The van der Waals surface area contributed by atoms with Crippen LogP contribution in [0.15, 0.2) is 58.1 Å². The Hall–Kier alpha value is -9.87. The zero-order valence-electron chi connectivity index (χ0n) is 78.7. The van der Waals surface area contributed by atoms with Crippen molar-refractivity contribution in [2.75, 3.05) is 251 Å². The van der Waals surface area contributed by atoms with Crippen molar-refractivity contribution in [2.45, 2.75) is 151 Å². The number of fused-ring (bicyclic) bond motifs is 4. The van der Waals surface area contributed by atoms with Gasteiger partial charge in [0.15, 0.2) is 11.5 Å². The van der Waals surface area contributed by atoms with E-state index in [0.29, 0.717) is 161 Å². The standard InChI is InChI=1S/C92H147N15O23/c1-12-16-47-126-79-71-24-22-26-73(79)85(112)97-33-41-104(42-34-98-86(113)74-27-23-25-72(80(74)127-48-17-13-2)84(111)96-32-40-103(39-31-95-83(71)110)46-53-122-59-61-124-57-55-120-11)64-70(125-51-21-20-28-101-91(118)130-92(7,8)9)65-105-43-35-99-87(114)75-62-68(5)106(89(116)81(75)128-49-18-14-3)66-77(108)93-29-37-102(45-52-121-58-60-123-56-54-119-10)38-30-94-78(109)67-107-69(6)63-76(88(115)100-36-44-105)82(90(107)117)129-50-19-15-4/h22-27,62-63,70H,12-21,28-61,64-67H2,1-11H3,(H,93,108)(H,94,109)(H,95,110)(H,96,111)(H,97,112)(H,98,113)(H,99,114)(H,100,115)(H,101,118). The molecular formula is C92H147N15O23. The van der Waals surface area contributed by atoms with Crippen molar-refractivity contribution in [1.29, 1.82) is 0 Å². The first-order chi connectivity index (χ1) is 62.8. The van der Waals surface area contributed by atoms with E-state index in [2.05, 4.69) is 47.9 Å². The van der Waals surface area contributed by atoms with E-state index in [9.17, 15) is 52.7 Å². The lowest BCUT2D eigenvalue weighted by Gasteiger charge is -2.32. The third kappa shape index (κ3) is 40.5. The molecule has 0 saturated heterocycles. The minimum absolute atomic E-state index is 0.00197. The molecule has 0 fully saturated rings. The maximum atomic E-state index is 14.9. The summed E-state index contributed by atoms with van der Waals surface area (Å²) in [6, 6.07) is 12.6. The van der Waals surface area contributed by atoms with Crippen molar-refractivity contribution < 1.29 is 100.0 Å². The summed E-state index contributed by atoms with van der Waals surface area (Å²) < 4.78 is 73.0. The minimum Gasteiger partial charge on any atom is -0.492 e. The van der Waals surface area contributed by atoms with E-state index >= 15 is 0 Å². The summed E-state index contributed by atoms with van der Waals surface area (Å²) in [6.45, 7) is 23.4. The van der Waals surface area contributed by atoms with Gasteiger partial charge in [0.2, 0.25) is 11.8 Å². The first-order valence-corrected chi connectivity index (χ1v) is 46.1. The molecule has 5 aliphatic rings. The van der Waals surface area contributed by atoms with Gasteiger partial charge in [-0.1, -0.05) is 65.5 Å². The number of hydrogen-bond acceptors (Lipinski definition) is 27. The van der Waals surface area contributed by atoms with Gasteiger partial charge in [-0.05, 0) is 110 Å². The van der Waals surface area contributed by atoms with Crippen LogP contribution in [0.25, 0.3) is 0 Å². The summed E-state index contributed by atoms with van der Waals surface area (Å²) in [7, 11) is 3.18. The highest BCUT2D eigenvalue weighted by Gasteiger charge is 2.30. The molecule has 5 aliphatic heterocycles. The van der Waals surface area contributed by atoms with Crippen molar-refractivity contribution in [1.82, 2.24) is 76.6 Å². The maximum absolute atomic E-state index is 14.9. The second-order valence-electron chi connectivity index (χ2n) is 32.6. The molecule has 4 aromatic rings. The molecule has 1 atom stereocenters. The van der Waals surface area contributed by atoms with Gasteiger partial charge >= 0.3 is 6.09 Å². The molecule has 9 amide bonds. The topological polar surface area (TPSA) is 430 Å². The van der Waals surface area contributed by atoms with Crippen LogP contribution in [-0.2, 0) is 60.6 Å². The van der Waals surface area contributed by atoms with Gasteiger partial charge in [-0.25, -0.2) is 4.79 Å². The van der Waals surface area contributed by atoms with E-state index in [4.69, 9.17) is 56.8 Å². The Labute approximate surface area is 765 Å². The summed E-state index contributed by atoms with van der Waals surface area (Å²) in [4.78, 5) is 166. The van der Waals surface area contributed by atoms with Crippen molar-refractivity contribution in [2.24, 2.45) is 0 Å². The molecule has 1 unspecified atom stereocenters. The molecule has 9 rings (SSSR count). The van der Waals surface area contributed by atoms with Gasteiger partial charge in [-0.15, -0.1) is 0 Å². The lowest BCUT2D eigenvalue weighted by atomic mass is 10.1. The van der Waals surface area contributed by atoms with Gasteiger partial charge < -0.3 is 114 Å². The monoisotopic (exact) mass is 1830 g/mol. The van der Waals surface area contributed by atoms with Crippen molar-refractivity contribution in [3.8, 4) is 23.0 Å². The van der Waals surface area contributed by atoms with Crippen LogP contribution < -0.4 is 77.9 Å². The lowest BCUT2D eigenvalue weighted by Crippen LogP contribution is -2.48. The molecule has 8 bridgehead atoms. The summed E-state index contributed by atoms with van der Waals surface area (Å²) in [5.41, 5.74) is -1.16. The molecule has 0 spiro atoms. The predicted molar refractivity (Wildman–Crippen MR) is 491 cm³/mol. The zero-order valence-corrected chi connectivity index (χ0v) is 78.7. The van der Waals surface area contributed by atoms with Crippen LogP contribution in [0.3, 0.4) is 0 Å². The van der Waals surface area contributed by atoms with E-state index in [0.717, 1.165) is 12.8 Å². The molecule has 0 radical (unpaired) electrons. The molecule has 38 heteroatoms. The number of nitrogens with one attached hydrogen (secondary N) is 9. The number of hydrogen-bond donors (Lipinski definition) is 9. The molecule has 130 heavy (non-hydrogen) atoms. The summed E-state index contributed by atoms with van der Waals surface area (Å²) >= 11 is 0. The fourth-order valence-corrected chi connectivity index (χ4v) is 13.8. The van der Waals surface area contributed by atoms with Crippen LogP contribution in [0.5, 0.6) is 23.0 Å². The molecule has 728 valence electrons. The Morgan fingerprint density at radius 1 is 0.377 bits per heavy atom. The third-order valence-corrected chi connectivity index (χ3v) is 21.0. The largest absolute Gasteiger partial charge is 0.492 e. The Bertz CT molecular complexity index is 4020. The molecule has 0 saturated carbocycles. The number of alkyl carbamates (subject to hydrolysis) is 1. The van der Waals surface area contributed by atoms with Gasteiger partial charge in [-0.2, -0.15) is 0 Å². The average molecular weight is 1830 g/mol. The van der Waals surface area contributed by atoms with Gasteiger partial charge in [0.1, 0.15) is 30.2 Å². The highest BCUT2D eigenvalue weighted by molar-refractivity contribution is 6.05. The number of aryl methyl sites for hydroxylation is 2. The maximum Gasteiger partial charge on any atom is 0.407 e. The second-order valence-corrected chi connectivity index (χ2v) is 32.6. The predicted octanol–water partition coefficient (Wildman–Crippen LogP) is 4.34. The SMILES string of the molecule is CCCCOc1c2cccc1C(=O)NCCN(CC(CN1CCNC(=O)c3cc(C)n(c(=O)c3OCCCC)CC(=O)NCCN(CCOCCOCCOC)CCNC(=O)Cn3c(C)cc(c(OCCCC)c3=O)C(=O)NCC1)OCCCCNC(=O)OC(C)(C)C)CCNC(=O)c1cccc(c1OCCCC)C(=O)NCCN(CCOCCOCCOC)CCNC2=O. The van der Waals surface area contributed by atoms with E-state index in [1.165, 1.54) is 21.3 Å². The zero-order chi connectivity index (χ0) is 94.3. The molecular weight excluding hydrogens is 1680 g/mol. The number of rotatable bonds is 44. The number of benzene rings is 2. The number of carbonyl (C=O) groups is 9. The third-order valence-electron chi connectivity index (χ3n) is 21.0. The first kappa shape index (κ1) is 109. The minimum atomic E-state index is -0.769. The Morgan fingerprint density at radius 2 is 0.685 bits per heavy atom. The van der Waals surface area contributed by atoms with E-state index in [1.54, 1.807) is 85.2 Å². The number of unbranched alkanes of at least 4 members (excludes halogenated alkanes) is 5. The summed E-state index contributed by atoms with van der Waals surface area (Å²) in [5, 5.41) is 26.9. The number of methoxy groups -OCH3 is 2. The van der Waals surface area contributed by atoms with Gasteiger partial charge in [0, 0.05) is 170 Å². The summed E-state index contributed by atoms with van der Waals surface area (Å²) in [6.07, 6.45) is 4.79. The lowest BCUT2D eigenvalue weighted by molar-refractivity contribution is -0.122. The normalized spacial score (nSPS) is 16.0. The van der Waals surface area contributed by atoms with Crippen molar-refractivity contribution in [3.05, 3.63) is 114 Å². The number of ether oxygens (including phenoxy) is 12. The quantitative estimate of drug-likeness (QED) is 0.0278. The Morgan fingerprint density at radius 3 is 1.02 bits per heavy atom. The summed E-state index contributed by atoms with van der Waals surface area (Å²) in [5.74, 6) is -4.64. The van der Waals surface area contributed by atoms with Gasteiger partial charge in [-0.3, -0.25) is 67.5 Å². The Balaban J connectivity index is 1.42. The van der Waals surface area contributed by atoms with Crippen LogP contribution in [0.2, 0.25) is 0 Å². The fourth-order valence-electron chi connectivity index (χ4n) is 13.8. The van der Waals surface area contributed by atoms with Crippen LogP contribution in [0.1, 0.15) is 186 Å². The second kappa shape index (κ2) is 62.5. The average Bonchev–Trinajstić information content (AvgIpc) is 0.813. The number of para-hydroxylation sites is 2. The number of pyridine rings is 2. The molecule has 38 nitrogen and oxygen atoms in total. The van der Waals surface area contributed by atoms with Crippen molar-refractivity contribution >= 4 is 53.4 Å². The first-order valence-electron chi connectivity index (χ1n) is 46.1. The van der Waals surface area contributed by atoms with E-state index in [1.807, 2.05) is 47.3 Å². The number of carbonyl (C=O) groups excluding carboxylic acids is 9. The van der Waals surface area contributed by atoms with Gasteiger partial charge in [0.05, 0.1) is 132 Å². The number of amides is 9. The highest BCUT2D eigenvalue weighted by atomic mass is 16.6. The van der Waals surface area contributed by atoms with E-state index < -0.39 is 89.3 Å². The van der Waals surface area contributed by atoms with Crippen LogP contribution in [0.4, 0.5) is 4.79 Å². The highest BCUT2D eigenvalue weighted by Crippen LogP contribution is 2.28. The molecule has 0 aliphatic carbocycles. The van der Waals surface area contributed by atoms with Crippen molar-refractivity contribution in [3.63, 3.8) is 0 Å². The molecule has 9 N–H and O–H groups in total. The molecule has 7 heterocycles. The Kier molecular flexibility index (Phi) is 52.3. The molecule has 2 aromatic carbocycles. The van der Waals surface area contributed by atoms with Crippen LogP contribution >= 0.6 is 0 Å².